The van der Waals surface area contributed by atoms with Gasteiger partial charge in [0.05, 0.1) is 0 Å². The minimum Gasteiger partial charge on any atom is -0.0622 e. The van der Waals surface area contributed by atoms with Crippen LogP contribution in [-0.2, 0) is 12.8 Å². The first kappa shape index (κ1) is 23.1. The normalized spacial score (nSPS) is 10.9. The van der Waals surface area contributed by atoms with E-state index < -0.39 is 0 Å². The van der Waals surface area contributed by atoms with Crippen molar-refractivity contribution in [3.05, 3.63) is 120 Å². The fourth-order valence-electron chi connectivity index (χ4n) is 4.79. The Bertz CT molecular complexity index is 990. The highest BCUT2D eigenvalue weighted by molar-refractivity contribution is 5.68. The number of unbranched alkanes of at least 4 members (excludes halogenated alkanes) is 6. The van der Waals surface area contributed by atoms with Crippen molar-refractivity contribution in [1.82, 2.24) is 0 Å². The fourth-order valence-corrected chi connectivity index (χ4v) is 4.79. The van der Waals surface area contributed by atoms with Gasteiger partial charge in [0.1, 0.15) is 0 Å². The highest BCUT2D eigenvalue weighted by Crippen LogP contribution is 2.26. The number of benzene rings is 4. The molecule has 0 heteroatoms. The lowest BCUT2D eigenvalue weighted by Crippen LogP contribution is -1.92. The molecule has 0 aliphatic carbocycles. The van der Waals surface area contributed by atoms with E-state index in [4.69, 9.17) is 0 Å². The molecule has 0 nitrogen and oxygen atoms in total. The van der Waals surface area contributed by atoms with Crippen LogP contribution in [-0.4, -0.2) is 0 Å². The summed E-state index contributed by atoms with van der Waals surface area (Å²) in [5, 5.41) is 0. The van der Waals surface area contributed by atoms with Gasteiger partial charge in [-0.05, 0) is 59.1 Å². The quantitative estimate of drug-likeness (QED) is 0.195. The van der Waals surface area contributed by atoms with Crippen LogP contribution < -0.4 is 0 Å². The second kappa shape index (κ2) is 12.8. The summed E-state index contributed by atoms with van der Waals surface area (Å²) in [5.41, 5.74) is 8.44. The molecular formula is C33H36. The van der Waals surface area contributed by atoms with Gasteiger partial charge in [-0.1, -0.05) is 141 Å². The van der Waals surface area contributed by atoms with Crippen molar-refractivity contribution in [3.8, 4) is 22.3 Å². The minimum atomic E-state index is 1.18. The molecule has 0 aliphatic heterocycles. The summed E-state index contributed by atoms with van der Waals surface area (Å²) in [4.78, 5) is 0. The highest BCUT2D eigenvalue weighted by Gasteiger charge is 2.05. The standard InChI is InChI=1S/C33H36/c1(2-4-8-18-30-24-14-16-26-32(30)28-20-10-6-11-21-28)3-5-9-19-31-25-15-17-27-33(31)29-22-12-7-13-23-29/h6-7,10-17,20-27H,1-5,8-9,18-19H2. The lowest BCUT2D eigenvalue weighted by atomic mass is 9.95. The van der Waals surface area contributed by atoms with Gasteiger partial charge >= 0.3 is 0 Å². The molecule has 0 amide bonds. The van der Waals surface area contributed by atoms with Crippen LogP contribution in [0.15, 0.2) is 109 Å². The zero-order chi connectivity index (χ0) is 22.6. The number of aryl methyl sites for hydroxylation is 2. The molecule has 33 heavy (non-hydrogen) atoms. The maximum absolute atomic E-state index is 2.30. The molecule has 4 rings (SSSR count). The smallest absolute Gasteiger partial charge is 0.0152 e. The van der Waals surface area contributed by atoms with E-state index in [9.17, 15) is 0 Å². The Labute approximate surface area is 200 Å². The molecule has 0 bridgehead atoms. The first-order chi connectivity index (χ1) is 16.4. The number of rotatable bonds is 12. The molecule has 0 spiro atoms. The van der Waals surface area contributed by atoms with E-state index in [-0.39, 0.29) is 0 Å². The van der Waals surface area contributed by atoms with E-state index in [2.05, 4.69) is 109 Å². The summed E-state index contributed by atoms with van der Waals surface area (Å²) < 4.78 is 0. The maximum Gasteiger partial charge on any atom is -0.0152 e. The predicted octanol–water partition coefficient (Wildman–Crippen LogP) is 9.54. The van der Waals surface area contributed by atoms with Crippen LogP contribution in [0.3, 0.4) is 0 Å². The highest BCUT2D eigenvalue weighted by atomic mass is 14.1. The van der Waals surface area contributed by atoms with E-state index >= 15 is 0 Å². The largest absolute Gasteiger partial charge is 0.0622 e. The van der Waals surface area contributed by atoms with Crippen LogP contribution in [0.1, 0.15) is 56.1 Å². The van der Waals surface area contributed by atoms with Crippen LogP contribution in [0.5, 0.6) is 0 Å². The maximum atomic E-state index is 2.30. The fraction of sp³-hybridized carbons (Fsp3) is 0.273. The van der Waals surface area contributed by atoms with Gasteiger partial charge in [-0.2, -0.15) is 0 Å². The molecule has 0 heterocycles. The average Bonchev–Trinajstić information content (AvgIpc) is 2.89. The summed E-state index contributed by atoms with van der Waals surface area (Å²) in [6, 6.07) is 39.4. The minimum absolute atomic E-state index is 1.18. The summed E-state index contributed by atoms with van der Waals surface area (Å²) >= 11 is 0. The zero-order valence-corrected chi connectivity index (χ0v) is 19.8. The summed E-state index contributed by atoms with van der Waals surface area (Å²) in [7, 11) is 0. The third kappa shape index (κ3) is 6.93. The van der Waals surface area contributed by atoms with Crippen LogP contribution in [0.4, 0.5) is 0 Å². The molecule has 0 atom stereocenters. The second-order valence-corrected chi connectivity index (χ2v) is 9.02. The molecule has 0 aliphatic rings. The van der Waals surface area contributed by atoms with E-state index in [1.165, 1.54) is 91.2 Å². The third-order valence-corrected chi connectivity index (χ3v) is 6.60. The molecule has 0 saturated carbocycles. The Morgan fingerprint density at radius 1 is 0.303 bits per heavy atom. The van der Waals surface area contributed by atoms with E-state index in [0.29, 0.717) is 0 Å². The summed E-state index contributed by atoms with van der Waals surface area (Å²) in [6.07, 6.45) is 11.7. The van der Waals surface area contributed by atoms with Gasteiger partial charge < -0.3 is 0 Å². The van der Waals surface area contributed by atoms with Gasteiger partial charge in [-0.3, -0.25) is 0 Å². The van der Waals surface area contributed by atoms with Crippen molar-refractivity contribution in [2.45, 2.75) is 57.8 Å². The Kier molecular flexibility index (Phi) is 8.94. The molecule has 0 fully saturated rings. The van der Waals surface area contributed by atoms with Gasteiger partial charge in [0.25, 0.3) is 0 Å². The van der Waals surface area contributed by atoms with Gasteiger partial charge in [0, 0.05) is 0 Å². The Morgan fingerprint density at radius 2 is 0.636 bits per heavy atom. The molecule has 0 unspecified atom stereocenters. The van der Waals surface area contributed by atoms with E-state index in [1.54, 1.807) is 0 Å². The molecule has 0 radical (unpaired) electrons. The lowest BCUT2D eigenvalue weighted by Gasteiger charge is -2.10. The molecule has 0 saturated heterocycles. The first-order valence-corrected chi connectivity index (χ1v) is 12.7. The van der Waals surface area contributed by atoms with Gasteiger partial charge in [-0.15, -0.1) is 0 Å². The van der Waals surface area contributed by atoms with Crippen molar-refractivity contribution >= 4 is 0 Å². The Morgan fingerprint density at radius 3 is 1.06 bits per heavy atom. The molecule has 0 aromatic heterocycles. The number of hydrogen-bond acceptors (Lipinski definition) is 0. The lowest BCUT2D eigenvalue weighted by molar-refractivity contribution is 0.579. The average molecular weight is 433 g/mol. The summed E-state index contributed by atoms with van der Waals surface area (Å²) in [6.45, 7) is 0. The molecule has 168 valence electrons. The van der Waals surface area contributed by atoms with Crippen LogP contribution in [0.25, 0.3) is 22.3 Å². The second-order valence-electron chi connectivity index (χ2n) is 9.02. The monoisotopic (exact) mass is 432 g/mol. The number of hydrogen-bond donors (Lipinski definition) is 0. The molecular weight excluding hydrogens is 396 g/mol. The van der Waals surface area contributed by atoms with Crippen LogP contribution >= 0.6 is 0 Å². The predicted molar refractivity (Wildman–Crippen MR) is 143 cm³/mol. The van der Waals surface area contributed by atoms with E-state index in [0.717, 1.165) is 0 Å². The molecule has 4 aromatic carbocycles. The third-order valence-electron chi connectivity index (χ3n) is 6.60. The van der Waals surface area contributed by atoms with Crippen molar-refractivity contribution in [3.63, 3.8) is 0 Å². The topological polar surface area (TPSA) is 0 Å². The van der Waals surface area contributed by atoms with Gasteiger partial charge in [0.15, 0.2) is 0 Å². The van der Waals surface area contributed by atoms with Crippen LogP contribution in [0, 0.1) is 0 Å². The molecule has 4 aromatic rings. The first-order valence-electron chi connectivity index (χ1n) is 12.7. The van der Waals surface area contributed by atoms with Crippen molar-refractivity contribution < 1.29 is 0 Å². The Hall–Kier alpha value is -3.12. The SMILES string of the molecule is c1ccc(-c2ccccc2CCCCCCCCCc2ccccc2-c2ccccc2)cc1. The molecule has 0 N–H and O–H groups in total. The van der Waals surface area contributed by atoms with Gasteiger partial charge in [-0.25, -0.2) is 0 Å². The van der Waals surface area contributed by atoms with Crippen molar-refractivity contribution in [2.24, 2.45) is 0 Å². The van der Waals surface area contributed by atoms with Gasteiger partial charge in [0.2, 0.25) is 0 Å². The Balaban J connectivity index is 1.14. The van der Waals surface area contributed by atoms with Crippen LogP contribution in [0.2, 0.25) is 0 Å². The van der Waals surface area contributed by atoms with Crippen molar-refractivity contribution in [2.75, 3.05) is 0 Å². The van der Waals surface area contributed by atoms with E-state index in [1.807, 2.05) is 0 Å². The van der Waals surface area contributed by atoms with Crippen molar-refractivity contribution in [1.29, 1.82) is 0 Å². The summed E-state index contributed by atoms with van der Waals surface area (Å²) in [5.74, 6) is 0. The zero-order valence-electron chi connectivity index (χ0n) is 19.8.